The quantitative estimate of drug-likeness (QED) is 0.626. The minimum absolute atomic E-state index is 0.0364. The Balaban J connectivity index is 1.74. The number of rotatable bonds is 7. The molecule has 0 saturated carbocycles. The second-order valence-electron chi connectivity index (χ2n) is 7.66. The highest BCUT2D eigenvalue weighted by Crippen LogP contribution is 2.31. The molecule has 0 amide bonds. The summed E-state index contributed by atoms with van der Waals surface area (Å²) < 4.78 is 28.5. The minimum atomic E-state index is -3.81. The first-order valence-corrected chi connectivity index (χ1v) is 11.6. The van der Waals surface area contributed by atoms with Crippen molar-refractivity contribution in [3.05, 3.63) is 72.8 Å². The predicted molar refractivity (Wildman–Crippen MR) is 116 cm³/mol. The van der Waals surface area contributed by atoms with Gasteiger partial charge in [-0.25, -0.2) is 8.42 Å². The van der Waals surface area contributed by atoms with E-state index in [0.29, 0.717) is 12.2 Å². The molecule has 5 nitrogen and oxygen atoms in total. The van der Waals surface area contributed by atoms with Crippen LogP contribution in [-0.4, -0.2) is 45.8 Å². The van der Waals surface area contributed by atoms with Gasteiger partial charge in [-0.15, -0.1) is 0 Å². The maximum absolute atomic E-state index is 13.6. The lowest BCUT2D eigenvalue weighted by atomic mass is 10.1. The van der Waals surface area contributed by atoms with Gasteiger partial charge < -0.3 is 10.0 Å². The van der Waals surface area contributed by atoms with Crippen molar-refractivity contribution in [2.75, 3.05) is 30.5 Å². The molecule has 0 bridgehead atoms. The third-order valence-corrected chi connectivity index (χ3v) is 7.37. The fraction of sp³-hybridized carbons (Fsp3) is 0.304. The molecule has 1 saturated heterocycles. The number of nitrogens with zero attached hydrogens (tertiary/aromatic N) is 1. The Morgan fingerprint density at radius 2 is 1.55 bits per heavy atom. The lowest BCUT2D eigenvalue weighted by molar-refractivity contribution is -0.890. The molecular formula is C23H27N2O3S+. The van der Waals surface area contributed by atoms with Gasteiger partial charge >= 0.3 is 0 Å². The highest BCUT2D eigenvalue weighted by molar-refractivity contribution is 7.92. The van der Waals surface area contributed by atoms with Crippen LogP contribution in [-0.2, 0) is 10.0 Å². The second-order valence-corrected chi connectivity index (χ2v) is 9.52. The lowest BCUT2D eigenvalue weighted by Gasteiger charge is -2.28. The summed E-state index contributed by atoms with van der Waals surface area (Å²) >= 11 is 0. The molecule has 1 aliphatic rings. The summed E-state index contributed by atoms with van der Waals surface area (Å²) in [4.78, 5) is 1.57. The zero-order valence-electron chi connectivity index (χ0n) is 16.4. The molecule has 6 heteroatoms. The molecule has 0 aliphatic carbocycles. The Hall–Kier alpha value is -2.41. The fourth-order valence-electron chi connectivity index (χ4n) is 4.14. The van der Waals surface area contributed by atoms with E-state index >= 15 is 0 Å². The van der Waals surface area contributed by atoms with Crippen molar-refractivity contribution in [2.24, 2.45) is 0 Å². The summed E-state index contributed by atoms with van der Waals surface area (Å²) in [7, 11) is -3.81. The second kappa shape index (κ2) is 8.53. The van der Waals surface area contributed by atoms with Gasteiger partial charge in [0.2, 0.25) is 0 Å². The molecule has 3 aromatic carbocycles. The molecule has 1 heterocycles. The Morgan fingerprint density at radius 1 is 0.897 bits per heavy atom. The SMILES string of the molecule is O=S(=O)(c1ccccc1)N(C[C@H](O)C[NH+]1CCCC1)c1cccc2ccccc12. The van der Waals surface area contributed by atoms with Gasteiger partial charge in [0.15, 0.2) is 0 Å². The van der Waals surface area contributed by atoms with Crippen molar-refractivity contribution in [1.82, 2.24) is 0 Å². The van der Waals surface area contributed by atoms with E-state index in [4.69, 9.17) is 0 Å². The van der Waals surface area contributed by atoms with Gasteiger partial charge in [-0.05, 0) is 23.6 Å². The van der Waals surface area contributed by atoms with Crippen LogP contribution < -0.4 is 9.21 Å². The van der Waals surface area contributed by atoms with E-state index in [1.807, 2.05) is 42.5 Å². The summed E-state index contributed by atoms with van der Waals surface area (Å²) in [5.41, 5.74) is 0.599. The van der Waals surface area contributed by atoms with E-state index in [1.54, 1.807) is 30.3 Å². The first-order chi connectivity index (χ1) is 14.1. The number of fused-ring (bicyclic) bond motifs is 1. The van der Waals surface area contributed by atoms with E-state index < -0.39 is 16.1 Å². The van der Waals surface area contributed by atoms with Gasteiger partial charge in [0.25, 0.3) is 10.0 Å². The molecule has 152 valence electrons. The number of quaternary nitrogens is 1. The fourth-order valence-corrected chi connectivity index (χ4v) is 5.68. The molecule has 1 fully saturated rings. The Kier molecular flexibility index (Phi) is 5.85. The van der Waals surface area contributed by atoms with Crippen LogP contribution in [0.15, 0.2) is 77.7 Å². The zero-order valence-corrected chi connectivity index (χ0v) is 17.2. The van der Waals surface area contributed by atoms with E-state index in [-0.39, 0.29) is 11.4 Å². The number of benzene rings is 3. The summed E-state index contributed by atoms with van der Waals surface area (Å²) in [5.74, 6) is 0. The first-order valence-electron chi connectivity index (χ1n) is 10.1. The van der Waals surface area contributed by atoms with Gasteiger partial charge in [0.05, 0.1) is 30.2 Å². The number of hydrogen-bond donors (Lipinski definition) is 2. The van der Waals surface area contributed by atoms with Crippen molar-refractivity contribution in [3.63, 3.8) is 0 Å². The number of aliphatic hydroxyl groups excluding tert-OH is 1. The van der Waals surface area contributed by atoms with Crippen LogP contribution in [0.1, 0.15) is 12.8 Å². The molecule has 3 aromatic rings. The largest absolute Gasteiger partial charge is 0.385 e. The third kappa shape index (κ3) is 4.29. The molecule has 0 spiro atoms. The Labute approximate surface area is 172 Å². The minimum Gasteiger partial charge on any atom is -0.385 e. The van der Waals surface area contributed by atoms with Crippen LogP contribution in [0.2, 0.25) is 0 Å². The number of sulfonamides is 1. The molecule has 29 heavy (non-hydrogen) atoms. The Morgan fingerprint density at radius 3 is 2.31 bits per heavy atom. The summed E-state index contributed by atoms with van der Waals surface area (Å²) in [5, 5.41) is 12.6. The number of hydrogen-bond acceptors (Lipinski definition) is 3. The van der Waals surface area contributed by atoms with E-state index in [0.717, 1.165) is 36.7 Å². The highest BCUT2D eigenvalue weighted by atomic mass is 32.2. The summed E-state index contributed by atoms with van der Waals surface area (Å²) in [6.07, 6.45) is 1.59. The third-order valence-electron chi connectivity index (χ3n) is 5.58. The molecule has 0 aromatic heterocycles. The monoisotopic (exact) mass is 411 g/mol. The topological polar surface area (TPSA) is 62.0 Å². The van der Waals surface area contributed by atoms with Crippen LogP contribution in [0, 0.1) is 0 Å². The van der Waals surface area contributed by atoms with Crippen molar-refractivity contribution < 1.29 is 18.4 Å². The van der Waals surface area contributed by atoms with Crippen LogP contribution in [0.4, 0.5) is 5.69 Å². The Bertz CT molecular complexity index is 1060. The van der Waals surface area contributed by atoms with Crippen LogP contribution in [0.5, 0.6) is 0 Å². The molecule has 2 N–H and O–H groups in total. The average Bonchev–Trinajstić information content (AvgIpc) is 3.25. The molecular weight excluding hydrogens is 384 g/mol. The number of aliphatic hydroxyl groups is 1. The number of nitrogens with one attached hydrogen (secondary N) is 1. The average molecular weight is 412 g/mol. The molecule has 0 unspecified atom stereocenters. The molecule has 4 rings (SSSR count). The summed E-state index contributed by atoms with van der Waals surface area (Å²) in [6.45, 7) is 2.67. The molecule has 1 aliphatic heterocycles. The van der Waals surface area contributed by atoms with E-state index in [9.17, 15) is 13.5 Å². The normalized spacial score (nSPS) is 16.2. The van der Waals surface area contributed by atoms with Gasteiger partial charge in [0.1, 0.15) is 12.6 Å². The van der Waals surface area contributed by atoms with Crippen LogP contribution in [0.25, 0.3) is 10.8 Å². The van der Waals surface area contributed by atoms with Gasteiger partial charge in [-0.1, -0.05) is 54.6 Å². The highest BCUT2D eigenvalue weighted by Gasteiger charge is 2.30. The first kappa shape index (κ1) is 19.9. The van der Waals surface area contributed by atoms with Gasteiger partial charge in [-0.3, -0.25) is 4.31 Å². The van der Waals surface area contributed by atoms with Crippen molar-refractivity contribution >= 4 is 26.5 Å². The number of likely N-dealkylation sites (tertiary alicyclic amines) is 1. The van der Waals surface area contributed by atoms with E-state index in [2.05, 4.69) is 0 Å². The van der Waals surface area contributed by atoms with E-state index in [1.165, 1.54) is 9.21 Å². The van der Waals surface area contributed by atoms with Gasteiger partial charge in [0, 0.05) is 18.2 Å². The van der Waals surface area contributed by atoms with Gasteiger partial charge in [-0.2, -0.15) is 0 Å². The molecule has 1 atom stereocenters. The number of anilines is 1. The zero-order chi connectivity index (χ0) is 20.3. The maximum atomic E-state index is 13.6. The maximum Gasteiger partial charge on any atom is 0.264 e. The predicted octanol–water partition coefficient (Wildman–Crippen LogP) is 2.07. The summed E-state index contributed by atoms with van der Waals surface area (Å²) in [6, 6.07) is 21.8. The van der Waals surface area contributed by atoms with Crippen molar-refractivity contribution in [1.29, 1.82) is 0 Å². The van der Waals surface area contributed by atoms with Crippen LogP contribution >= 0.6 is 0 Å². The lowest BCUT2D eigenvalue weighted by Crippen LogP contribution is -3.11. The smallest absolute Gasteiger partial charge is 0.264 e. The molecule has 0 radical (unpaired) electrons. The standard InChI is InChI=1S/C23H26N2O3S/c26-20(17-24-15-6-7-16-24)18-25(29(27,28)21-11-2-1-3-12-21)23-14-8-10-19-9-4-5-13-22(19)23/h1-5,8-14,20,26H,6-7,15-18H2/p+1/t20-/m1/s1. The van der Waals surface area contributed by atoms with Crippen LogP contribution in [0.3, 0.4) is 0 Å². The van der Waals surface area contributed by atoms with Crippen molar-refractivity contribution in [2.45, 2.75) is 23.8 Å². The van der Waals surface area contributed by atoms with Crippen molar-refractivity contribution in [3.8, 4) is 0 Å².